The highest BCUT2D eigenvalue weighted by Crippen LogP contribution is 2.51. The summed E-state index contributed by atoms with van der Waals surface area (Å²) in [6, 6.07) is 0. The van der Waals surface area contributed by atoms with Crippen LogP contribution in [0.4, 0.5) is 5.82 Å². The zero-order valence-corrected chi connectivity index (χ0v) is 17.9. The number of nitrogens with two attached hydrogens (primary N) is 1. The lowest BCUT2D eigenvalue weighted by molar-refractivity contribution is -0.0775. The van der Waals surface area contributed by atoms with E-state index in [4.69, 9.17) is 31.5 Å². The van der Waals surface area contributed by atoms with Crippen molar-refractivity contribution in [3.05, 3.63) is 12.5 Å². The summed E-state index contributed by atoms with van der Waals surface area (Å²) in [6.45, 7) is 4.38. The Morgan fingerprint density at radius 2 is 2.07 bits per heavy atom. The second kappa shape index (κ2) is 8.27. The van der Waals surface area contributed by atoms with E-state index in [2.05, 4.69) is 15.1 Å². The molecule has 0 aliphatic carbocycles. The fraction of sp³-hybridized carbons (Fsp3) is 0.688. The van der Waals surface area contributed by atoms with E-state index in [-0.39, 0.29) is 24.2 Å². The van der Waals surface area contributed by atoms with E-state index in [1.54, 1.807) is 13.8 Å². The molecule has 0 radical (unpaired) electrons. The summed E-state index contributed by atoms with van der Waals surface area (Å²) < 4.78 is 18.9. The molecule has 1 saturated heterocycles. The van der Waals surface area contributed by atoms with E-state index >= 15 is 0 Å². The van der Waals surface area contributed by atoms with Gasteiger partial charge in [-0.2, -0.15) is 5.10 Å². The number of rotatable bonds is 7. The van der Waals surface area contributed by atoms with Gasteiger partial charge in [-0.05, 0) is 25.7 Å². The number of aliphatic hydroxyl groups excluding tert-OH is 1. The standard InChI is InChI=1S/C16H26N5O5PS/c1-8(2)24-6-11-13(26-27(23,28)9(3)4)12(22)16(25-11)21-15-10(5-20-21)14(17)18-7-19-15/h5,7-9,11-13,16,22H,6H2,1-4H3,(H,23,28)(H2,17,18,19)/t11-,12-,13-,16-,27?/m1/s1. The molecule has 1 fully saturated rings. The molecule has 1 unspecified atom stereocenters. The average molecular weight is 431 g/mol. The van der Waals surface area contributed by atoms with Crippen LogP contribution in [0.2, 0.25) is 0 Å². The summed E-state index contributed by atoms with van der Waals surface area (Å²) >= 11 is 5.26. The number of nitrogen functional groups attached to an aromatic ring is 1. The van der Waals surface area contributed by atoms with Crippen LogP contribution in [0.25, 0.3) is 11.0 Å². The lowest BCUT2D eigenvalue weighted by Crippen LogP contribution is -2.37. The van der Waals surface area contributed by atoms with Crippen molar-refractivity contribution in [2.45, 2.75) is 64.0 Å². The molecule has 0 saturated carbocycles. The molecule has 28 heavy (non-hydrogen) atoms. The SMILES string of the molecule is CC(C)OC[C@H]1O[C@@H](n2ncc3c(N)ncnc32)[C@H](O)[C@@H]1OP(O)(=S)C(C)C. The van der Waals surface area contributed by atoms with Crippen LogP contribution in [-0.2, 0) is 25.8 Å². The number of nitrogens with zero attached hydrogens (tertiary/aromatic N) is 4. The van der Waals surface area contributed by atoms with Crippen molar-refractivity contribution in [2.24, 2.45) is 0 Å². The Balaban J connectivity index is 1.92. The predicted octanol–water partition coefficient (Wildman–Crippen LogP) is 1.19. The Bertz CT molecular complexity index is 878. The molecule has 0 spiro atoms. The van der Waals surface area contributed by atoms with Crippen LogP contribution in [0.15, 0.2) is 12.5 Å². The Morgan fingerprint density at radius 3 is 2.71 bits per heavy atom. The Kier molecular flexibility index (Phi) is 6.35. The van der Waals surface area contributed by atoms with Crippen molar-refractivity contribution < 1.29 is 24.0 Å². The molecule has 4 N–H and O–H groups in total. The first-order valence-corrected chi connectivity index (χ1v) is 11.8. The number of hydrogen-bond acceptors (Lipinski definition) is 9. The number of ether oxygens (including phenoxy) is 2. The molecule has 2 aromatic heterocycles. The van der Waals surface area contributed by atoms with Crippen molar-refractivity contribution in [1.82, 2.24) is 19.7 Å². The number of aliphatic hydroxyl groups is 1. The van der Waals surface area contributed by atoms with Gasteiger partial charge >= 0.3 is 0 Å². The fourth-order valence-corrected chi connectivity index (χ4v) is 3.99. The predicted molar refractivity (Wildman–Crippen MR) is 107 cm³/mol. The first-order chi connectivity index (χ1) is 13.1. The Labute approximate surface area is 168 Å². The maximum Gasteiger partial charge on any atom is 0.189 e. The molecule has 1 aliphatic heterocycles. The zero-order chi connectivity index (χ0) is 20.6. The molecule has 3 heterocycles. The summed E-state index contributed by atoms with van der Waals surface area (Å²) in [5.74, 6) is 0.280. The molecule has 156 valence electrons. The largest absolute Gasteiger partial charge is 0.385 e. The van der Waals surface area contributed by atoms with Gasteiger partial charge in [0.05, 0.1) is 24.3 Å². The third-order valence-electron chi connectivity index (χ3n) is 4.49. The Hall–Kier alpha value is -1.20. The van der Waals surface area contributed by atoms with E-state index in [9.17, 15) is 10.00 Å². The highest BCUT2D eigenvalue weighted by Gasteiger charge is 2.48. The molecule has 10 nitrogen and oxygen atoms in total. The van der Waals surface area contributed by atoms with Gasteiger partial charge in [0.25, 0.3) is 0 Å². The maximum atomic E-state index is 10.9. The van der Waals surface area contributed by atoms with Crippen molar-refractivity contribution in [1.29, 1.82) is 0 Å². The van der Waals surface area contributed by atoms with Crippen LogP contribution in [0, 0.1) is 0 Å². The van der Waals surface area contributed by atoms with Gasteiger partial charge in [-0.15, -0.1) is 0 Å². The first-order valence-electron chi connectivity index (χ1n) is 9.01. The average Bonchev–Trinajstić information content (AvgIpc) is 3.16. The minimum absolute atomic E-state index is 0.0409. The van der Waals surface area contributed by atoms with E-state index in [0.29, 0.717) is 11.0 Å². The maximum absolute atomic E-state index is 10.9. The van der Waals surface area contributed by atoms with Crippen LogP contribution in [0.1, 0.15) is 33.9 Å². The van der Waals surface area contributed by atoms with Crippen LogP contribution in [0.3, 0.4) is 0 Å². The van der Waals surface area contributed by atoms with Gasteiger partial charge in [0, 0.05) is 5.66 Å². The Morgan fingerprint density at radius 1 is 1.36 bits per heavy atom. The van der Waals surface area contributed by atoms with E-state index < -0.39 is 31.0 Å². The molecular weight excluding hydrogens is 405 g/mol. The molecule has 0 amide bonds. The number of anilines is 1. The number of fused-ring (bicyclic) bond motifs is 1. The monoisotopic (exact) mass is 431 g/mol. The van der Waals surface area contributed by atoms with Crippen LogP contribution in [-0.4, -0.2) is 66.4 Å². The minimum Gasteiger partial charge on any atom is -0.385 e. The van der Waals surface area contributed by atoms with Gasteiger partial charge in [0.15, 0.2) is 18.4 Å². The number of hydrogen-bond donors (Lipinski definition) is 3. The molecule has 0 bridgehead atoms. The molecule has 3 rings (SSSR count). The van der Waals surface area contributed by atoms with Crippen LogP contribution < -0.4 is 5.73 Å². The van der Waals surface area contributed by atoms with Crippen molar-refractivity contribution in [3.63, 3.8) is 0 Å². The van der Waals surface area contributed by atoms with Gasteiger partial charge < -0.3 is 29.7 Å². The molecule has 5 atom stereocenters. The highest BCUT2D eigenvalue weighted by atomic mass is 32.5. The summed E-state index contributed by atoms with van der Waals surface area (Å²) in [5.41, 5.74) is 6.02. The molecular formula is C16H26N5O5PS. The molecule has 0 aromatic carbocycles. The lowest BCUT2D eigenvalue weighted by atomic mass is 10.1. The van der Waals surface area contributed by atoms with E-state index in [0.717, 1.165) is 0 Å². The lowest BCUT2D eigenvalue weighted by Gasteiger charge is -2.28. The highest BCUT2D eigenvalue weighted by molar-refractivity contribution is 8.09. The quantitative estimate of drug-likeness (QED) is 0.548. The smallest absolute Gasteiger partial charge is 0.189 e. The van der Waals surface area contributed by atoms with Gasteiger partial charge in [-0.1, -0.05) is 13.8 Å². The molecule has 2 aromatic rings. The van der Waals surface area contributed by atoms with Gasteiger partial charge in [0.2, 0.25) is 0 Å². The van der Waals surface area contributed by atoms with Gasteiger partial charge in [0.1, 0.15) is 30.5 Å². The van der Waals surface area contributed by atoms with Gasteiger partial charge in [-0.3, -0.25) is 0 Å². The van der Waals surface area contributed by atoms with E-state index in [1.807, 2.05) is 13.8 Å². The summed E-state index contributed by atoms with van der Waals surface area (Å²) in [7, 11) is 0. The van der Waals surface area contributed by atoms with Crippen molar-refractivity contribution in [2.75, 3.05) is 12.3 Å². The summed E-state index contributed by atoms with van der Waals surface area (Å²) in [5, 5.41) is 15.8. The van der Waals surface area contributed by atoms with Crippen LogP contribution in [0.5, 0.6) is 0 Å². The fourth-order valence-electron chi connectivity index (χ4n) is 2.84. The van der Waals surface area contributed by atoms with Crippen LogP contribution >= 0.6 is 6.49 Å². The second-order valence-corrected chi connectivity index (χ2v) is 11.2. The van der Waals surface area contributed by atoms with Crippen molar-refractivity contribution >= 4 is 35.1 Å². The first kappa shape index (κ1) is 21.5. The second-order valence-electron chi connectivity index (χ2n) is 7.25. The van der Waals surface area contributed by atoms with Crippen molar-refractivity contribution in [3.8, 4) is 0 Å². The summed E-state index contributed by atoms with van der Waals surface area (Å²) in [6.07, 6.45) is -0.779. The third-order valence-corrected chi connectivity index (χ3v) is 7.87. The minimum atomic E-state index is -3.13. The third kappa shape index (κ3) is 4.20. The number of aromatic nitrogens is 4. The molecule has 1 aliphatic rings. The van der Waals surface area contributed by atoms with Gasteiger partial charge in [-0.25, -0.2) is 14.6 Å². The summed E-state index contributed by atoms with van der Waals surface area (Å²) in [4.78, 5) is 18.7. The normalized spacial score (nSPS) is 27.7. The zero-order valence-electron chi connectivity index (χ0n) is 16.2. The topological polar surface area (TPSA) is 138 Å². The molecule has 12 heteroatoms. The van der Waals surface area contributed by atoms with E-state index in [1.165, 1.54) is 17.2 Å².